The smallest absolute Gasteiger partial charge is 0.310 e. The van der Waals surface area contributed by atoms with Gasteiger partial charge in [-0.15, -0.1) is 11.3 Å². The molecule has 1 atom stereocenters. The highest BCUT2D eigenvalue weighted by atomic mass is 32.1. The first kappa shape index (κ1) is 14.6. The molecule has 3 rings (SSSR count). The number of fused-ring (bicyclic) bond motifs is 1. The number of amides is 1. The molecule has 1 aliphatic carbocycles. The Balaban J connectivity index is 1.67. The summed E-state index contributed by atoms with van der Waals surface area (Å²) in [7, 11) is 0. The van der Waals surface area contributed by atoms with Gasteiger partial charge in [0.2, 0.25) is 0 Å². The fourth-order valence-electron chi connectivity index (χ4n) is 3.20. The van der Waals surface area contributed by atoms with Gasteiger partial charge in [-0.3, -0.25) is 9.59 Å². The van der Waals surface area contributed by atoms with Crippen LogP contribution in [0, 0.1) is 5.92 Å². The molecule has 0 saturated carbocycles. The number of carbonyl (C=O) groups is 2. The highest BCUT2D eigenvalue weighted by Crippen LogP contribution is 2.32. The standard InChI is InChI=1S/C16H21NO3S/c1-2-20-16(19)12-6-4-8-17(10-12)15(18)14-9-11-5-3-7-13(11)21-14/h9,12H,2-8,10H2,1H3/t12-/m1/s1. The number of esters is 1. The molecule has 0 spiro atoms. The van der Waals surface area contributed by atoms with Gasteiger partial charge in [-0.1, -0.05) is 0 Å². The summed E-state index contributed by atoms with van der Waals surface area (Å²) in [4.78, 5) is 28.5. The van der Waals surface area contributed by atoms with E-state index in [2.05, 4.69) is 6.07 Å². The third-order valence-electron chi connectivity index (χ3n) is 4.29. The highest BCUT2D eigenvalue weighted by molar-refractivity contribution is 7.14. The Morgan fingerprint density at radius 1 is 1.38 bits per heavy atom. The van der Waals surface area contributed by atoms with Crippen LogP contribution < -0.4 is 0 Å². The number of carbonyl (C=O) groups excluding carboxylic acids is 2. The van der Waals surface area contributed by atoms with E-state index in [9.17, 15) is 9.59 Å². The maximum atomic E-state index is 12.6. The van der Waals surface area contributed by atoms with E-state index in [1.54, 1.807) is 11.3 Å². The first-order valence-corrected chi connectivity index (χ1v) is 8.58. The number of rotatable bonds is 3. The Kier molecular flexibility index (Phi) is 4.29. The van der Waals surface area contributed by atoms with Crippen LogP contribution >= 0.6 is 11.3 Å². The Hall–Kier alpha value is -1.36. The van der Waals surface area contributed by atoms with E-state index in [1.807, 2.05) is 11.8 Å². The number of thiophene rings is 1. The second-order valence-electron chi connectivity index (χ2n) is 5.75. The SMILES string of the molecule is CCOC(=O)[C@@H]1CCCN(C(=O)c2cc3c(s2)CCC3)C1. The van der Waals surface area contributed by atoms with Gasteiger partial charge in [0, 0.05) is 18.0 Å². The Labute approximate surface area is 129 Å². The van der Waals surface area contributed by atoms with Crippen LogP contribution in [-0.2, 0) is 22.4 Å². The first-order valence-electron chi connectivity index (χ1n) is 7.76. The van der Waals surface area contributed by atoms with Crippen LogP contribution in [0.15, 0.2) is 6.07 Å². The van der Waals surface area contributed by atoms with Crippen LogP contribution in [0.25, 0.3) is 0 Å². The molecule has 1 aromatic heterocycles. The van der Waals surface area contributed by atoms with Crippen molar-refractivity contribution in [3.63, 3.8) is 0 Å². The number of hydrogen-bond acceptors (Lipinski definition) is 4. The second kappa shape index (κ2) is 6.18. The zero-order valence-electron chi connectivity index (χ0n) is 12.4. The van der Waals surface area contributed by atoms with Crippen LogP contribution in [-0.4, -0.2) is 36.5 Å². The predicted octanol–water partition coefficient (Wildman–Crippen LogP) is 2.65. The van der Waals surface area contributed by atoms with Gasteiger partial charge in [-0.2, -0.15) is 0 Å². The summed E-state index contributed by atoms with van der Waals surface area (Å²) in [6, 6.07) is 2.06. The lowest BCUT2D eigenvalue weighted by Gasteiger charge is -2.31. The van der Waals surface area contributed by atoms with Crippen LogP contribution in [0.4, 0.5) is 0 Å². The van der Waals surface area contributed by atoms with Crippen molar-refractivity contribution in [3.05, 3.63) is 21.4 Å². The summed E-state index contributed by atoms with van der Waals surface area (Å²) in [6.45, 7) is 3.47. The van der Waals surface area contributed by atoms with Crippen molar-refractivity contribution in [1.29, 1.82) is 0 Å². The lowest BCUT2D eigenvalue weighted by Crippen LogP contribution is -2.42. The molecule has 0 aromatic carbocycles. The molecule has 21 heavy (non-hydrogen) atoms. The molecule has 2 aliphatic rings. The Morgan fingerprint density at radius 3 is 3.00 bits per heavy atom. The predicted molar refractivity (Wildman–Crippen MR) is 81.6 cm³/mol. The van der Waals surface area contributed by atoms with Crippen molar-refractivity contribution >= 4 is 23.2 Å². The average molecular weight is 307 g/mol. The third kappa shape index (κ3) is 2.98. The fraction of sp³-hybridized carbons (Fsp3) is 0.625. The second-order valence-corrected chi connectivity index (χ2v) is 6.89. The molecule has 1 aromatic rings. The quantitative estimate of drug-likeness (QED) is 0.807. The maximum Gasteiger partial charge on any atom is 0.310 e. The summed E-state index contributed by atoms with van der Waals surface area (Å²) in [5.74, 6) is -0.235. The minimum absolute atomic E-state index is 0.0865. The van der Waals surface area contributed by atoms with Crippen LogP contribution in [0.2, 0.25) is 0 Å². The van der Waals surface area contributed by atoms with Crippen molar-refractivity contribution in [2.45, 2.75) is 39.0 Å². The zero-order valence-corrected chi connectivity index (χ0v) is 13.2. The van der Waals surface area contributed by atoms with Crippen LogP contribution in [0.3, 0.4) is 0 Å². The molecular formula is C16H21NO3S. The van der Waals surface area contributed by atoms with Gasteiger partial charge in [0.1, 0.15) is 0 Å². The minimum atomic E-state index is -0.163. The molecule has 1 saturated heterocycles. The summed E-state index contributed by atoms with van der Waals surface area (Å²) < 4.78 is 5.09. The largest absolute Gasteiger partial charge is 0.466 e. The first-order chi connectivity index (χ1) is 10.2. The number of aryl methyl sites for hydroxylation is 2. The van der Waals surface area contributed by atoms with Crippen molar-refractivity contribution in [1.82, 2.24) is 4.90 Å². The van der Waals surface area contributed by atoms with Gasteiger partial charge >= 0.3 is 5.97 Å². The maximum absolute atomic E-state index is 12.6. The van der Waals surface area contributed by atoms with E-state index < -0.39 is 0 Å². The number of ether oxygens (including phenoxy) is 1. The molecule has 0 N–H and O–H groups in total. The van der Waals surface area contributed by atoms with Crippen molar-refractivity contribution in [2.24, 2.45) is 5.92 Å². The summed E-state index contributed by atoms with van der Waals surface area (Å²) in [5.41, 5.74) is 1.35. The Morgan fingerprint density at radius 2 is 2.24 bits per heavy atom. The molecule has 5 heteroatoms. The van der Waals surface area contributed by atoms with Crippen LogP contribution in [0.5, 0.6) is 0 Å². The van der Waals surface area contributed by atoms with E-state index in [-0.39, 0.29) is 17.8 Å². The fourth-order valence-corrected chi connectivity index (χ4v) is 4.43. The summed E-state index contributed by atoms with van der Waals surface area (Å²) in [6.07, 6.45) is 5.12. The van der Waals surface area contributed by atoms with Gasteiger partial charge in [0.05, 0.1) is 17.4 Å². The molecule has 0 unspecified atom stereocenters. The van der Waals surface area contributed by atoms with Gasteiger partial charge in [0.25, 0.3) is 5.91 Å². The molecule has 0 radical (unpaired) electrons. The zero-order chi connectivity index (χ0) is 14.8. The molecule has 1 amide bonds. The normalized spacial score (nSPS) is 21.2. The Bertz CT molecular complexity index is 530. The van der Waals surface area contributed by atoms with Gasteiger partial charge in [0.15, 0.2) is 0 Å². The molecule has 4 nitrogen and oxygen atoms in total. The molecule has 114 valence electrons. The van der Waals surface area contributed by atoms with E-state index in [0.29, 0.717) is 13.2 Å². The third-order valence-corrected chi connectivity index (χ3v) is 5.51. The topological polar surface area (TPSA) is 46.6 Å². The van der Waals surface area contributed by atoms with E-state index >= 15 is 0 Å². The van der Waals surface area contributed by atoms with Crippen molar-refractivity contribution in [2.75, 3.05) is 19.7 Å². The molecular weight excluding hydrogens is 286 g/mol. The number of piperidine rings is 1. The lowest BCUT2D eigenvalue weighted by atomic mass is 9.98. The van der Waals surface area contributed by atoms with Crippen molar-refractivity contribution < 1.29 is 14.3 Å². The van der Waals surface area contributed by atoms with Gasteiger partial charge in [-0.25, -0.2) is 0 Å². The molecule has 1 fully saturated rings. The summed E-state index contributed by atoms with van der Waals surface area (Å²) >= 11 is 1.64. The number of hydrogen-bond donors (Lipinski definition) is 0. The molecule has 0 bridgehead atoms. The van der Waals surface area contributed by atoms with E-state index in [0.717, 1.165) is 37.1 Å². The van der Waals surface area contributed by atoms with Crippen molar-refractivity contribution in [3.8, 4) is 0 Å². The molecule has 1 aliphatic heterocycles. The molecule has 2 heterocycles. The number of likely N-dealkylation sites (tertiary alicyclic amines) is 1. The minimum Gasteiger partial charge on any atom is -0.466 e. The van der Waals surface area contributed by atoms with Crippen LogP contribution in [0.1, 0.15) is 46.3 Å². The van der Waals surface area contributed by atoms with E-state index in [4.69, 9.17) is 4.74 Å². The number of nitrogens with zero attached hydrogens (tertiary/aromatic N) is 1. The monoisotopic (exact) mass is 307 g/mol. The van der Waals surface area contributed by atoms with E-state index in [1.165, 1.54) is 16.9 Å². The summed E-state index contributed by atoms with van der Waals surface area (Å²) in [5, 5.41) is 0. The highest BCUT2D eigenvalue weighted by Gasteiger charge is 2.31. The van der Waals surface area contributed by atoms with Gasteiger partial charge < -0.3 is 9.64 Å². The average Bonchev–Trinajstić information content (AvgIpc) is 3.08. The van der Waals surface area contributed by atoms with Gasteiger partial charge in [-0.05, 0) is 50.7 Å². The lowest BCUT2D eigenvalue weighted by molar-refractivity contribution is -0.149.